The maximum Gasteiger partial charge on any atom is 0.471 e. The molecule has 0 aliphatic heterocycles. The molecule has 8 aromatic rings. The lowest BCUT2D eigenvalue weighted by Crippen LogP contribution is -2.30. The molecule has 1 amide bonds. The Morgan fingerprint density at radius 2 is 1.05 bits per heavy atom. The first kappa shape index (κ1) is 52.9. The summed E-state index contributed by atoms with van der Waals surface area (Å²) >= 11 is 11.9. The Bertz CT molecular complexity index is 3350. The monoisotopic (exact) mass is 1090 g/mol. The fourth-order valence-corrected chi connectivity index (χ4v) is 7.14. The van der Waals surface area contributed by atoms with Crippen LogP contribution in [-0.4, -0.2) is 61.1 Å². The van der Waals surface area contributed by atoms with Crippen LogP contribution < -0.4 is 5.32 Å². The summed E-state index contributed by atoms with van der Waals surface area (Å²) in [5.41, 5.74) is -10.6. The number of methoxy groups -OCH3 is 1. The number of amides is 1. The van der Waals surface area contributed by atoms with Gasteiger partial charge in [-0.05, 0) is 60.7 Å². The summed E-state index contributed by atoms with van der Waals surface area (Å²) in [6.45, 7) is 0. The second kappa shape index (κ2) is 20.0. The number of alkyl halides is 12. The van der Waals surface area contributed by atoms with Gasteiger partial charge < -0.3 is 19.1 Å². The molecule has 4 aromatic heterocycles. The lowest BCUT2D eigenvalue weighted by atomic mass is 10.1. The molecule has 1 N–H and O–H groups in total. The minimum absolute atomic E-state index is 0.270. The van der Waals surface area contributed by atoms with Gasteiger partial charge in [-0.2, -0.15) is 62.9 Å². The van der Waals surface area contributed by atoms with Crippen LogP contribution >= 0.6 is 23.2 Å². The van der Waals surface area contributed by atoms with E-state index in [9.17, 15) is 75.0 Å². The van der Waals surface area contributed by atoms with Gasteiger partial charge in [0.1, 0.15) is 46.0 Å². The van der Waals surface area contributed by atoms with E-state index >= 15 is 0 Å². The molecule has 0 saturated heterocycles. The standard InChI is InChI=1S/C22H11ClF8N4O2.C21H9ClF8N4O2/c1-36-20(22(29,30)31)33-17-16(15-13(23)6-3-7-14(15)25)34-37-18(17)12-9-32-35(19(12)21(26,27)28)11-5-2-4-10(24)8-11;22-12-5-2-6-13(24)14(12)15-16(32-19(35)21(28,29)30)17(36-33-15)11-8-31-34(18(11)20(25,26)27)10-4-1-3-9(23)7-10/h2-9H,1H3;1-8H,(H,32,35). The van der Waals surface area contributed by atoms with Crippen molar-refractivity contribution in [1.82, 2.24) is 29.9 Å². The maximum atomic E-state index is 14.6. The van der Waals surface area contributed by atoms with Crippen molar-refractivity contribution in [3.05, 3.63) is 142 Å². The third-order valence-corrected chi connectivity index (χ3v) is 10.2. The molecule has 0 saturated carbocycles. The van der Waals surface area contributed by atoms with Gasteiger partial charge in [0.05, 0.1) is 63.2 Å². The number of nitrogens with one attached hydrogen (secondary N) is 1. The van der Waals surface area contributed by atoms with Crippen molar-refractivity contribution in [1.29, 1.82) is 0 Å². The Kier molecular flexibility index (Phi) is 14.5. The third kappa shape index (κ3) is 11.0. The molecule has 0 unspecified atom stereocenters. The van der Waals surface area contributed by atoms with Crippen LogP contribution in [0.15, 0.2) is 111 Å². The van der Waals surface area contributed by atoms with Crippen molar-refractivity contribution in [2.75, 3.05) is 12.4 Å². The van der Waals surface area contributed by atoms with Crippen LogP contribution in [0.3, 0.4) is 0 Å². The molecule has 0 fully saturated rings. The Morgan fingerprint density at radius 1 is 0.616 bits per heavy atom. The number of nitrogens with zero attached hydrogens (tertiary/aromatic N) is 7. The van der Waals surface area contributed by atoms with Gasteiger partial charge in [0.2, 0.25) is 0 Å². The number of aromatic nitrogens is 6. The topological polar surface area (TPSA) is 138 Å². The smallest absolute Gasteiger partial charge is 0.471 e. The Hall–Kier alpha value is -7.88. The average molecular weight is 1090 g/mol. The van der Waals surface area contributed by atoms with Crippen molar-refractivity contribution in [2.45, 2.75) is 24.7 Å². The molecule has 0 aliphatic carbocycles. The van der Waals surface area contributed by atoms with Crippen molar-refractivity contribution >= 4 is 46.4 Å². The Morgan fingerprint density at radius 3 is 1.48 bits per heavy atom. The van der Waals surface area contributed by atoms with Gasteiger partial charge in [0.15, 0.2) is 22.9 Å². The van der Waals surface area contributed by atoms with Crippen LogP contribution in [0, 0.1) is 23.3 Å². The van der Waals surface area contributed by atoms with Crippen LogP contribution in [0.25, 0.3) is 56.5 Å². The fraction of sp³-hybridized carbons (Fsp3) is 0.116. The van der Waals surface area contributed by atoms with E-state index < -0.39 is 128 Å². The second-order valence-corrected chi connectivity index (χ2v) is 15.1. The van der Waals surface area contributed by atoms with Crippen LogP contribution in [0.2, 0.25) is 10.0 Å². The number of anilines is 1. The number of carbonyl (C=O) groups excluding carboxylic acids is 1. The molecule has 0 bridgehead atoms. The largest absolute Gasteiger partial charge is 0.478 e. The van der Waals surface area contributed by atoms with E-state index in [1.54, 1.807) is 0 Å². The average Bonchev–Trinajstić information content (AvgIpc) is 4.10. The second-order valence-electron chi connectivity index (χ2n) is 14.3. The number of hydrogen-bond donors (Lipinski definition) is 1. The van der Waals surface area contributed by atoms with Crippen LogP contribution in [0.5, 0.6) is 0 Å². The molecule has 73 heavy (non-hydrogen) atoms. The third-order valence-electron chi connectivity index (χ3n) is 9.57. The molecular weight excluding hydrogens is 1070 g/mol. The van der Waals surface area contributed by atoms with E-state index in [0.29, 0.717) is 24.2 Å². The van der Waals surface area contributed by atoms with Gasteiger partial charge in [0.25, 0.3) is 5.90 Å². The molecule has 4 heterocycles. The van der Waals surface area contributed by atoms with Crippen LogP contribution in [-0.2, 0) is 21.9 Å². The SMILES string of the molecule is COC(=Nc1c(-c2c(F)cccc2Cl)noc1-c1cnn(-c2cccc(F)c2)c1C(F)(F)F)C(F)(F)F.O=C(Nc1c(-c2c(F)cccc2Cl)noc1-c1cnn(-c2cccc(F)c2)c1C(F)(F)F)C(F)(F)F. The van der Waals surface area contributed by atoms with Crippen LogP contribution in [0.1, 0.15) is 11.4 Å². The molecule has 12 nitrogen and oxygen atoms in total. The van der Waals surface area contributed by atoms with Gasteiger partial charge in [-0.15, -0.1) is 0 Å². The number of carbonyl (C=O) groups is 1. The van der Waals surface area contributed by atoms with Crippen molar-refractivity contribution in [2.24, 2.45) is 4.99 Å². The molecule has 0 spiro atoms. The van der Waals surface area contributed by atoms with Crippen molar-refractivity contribution < 1.29 is 88.8 Å². The zero-order valence-electron chi connectivity index (χ0n) is 35.3. The molecule has 8 rings (SSSR count). The molecule has 382 valence electrons. The van der Waals surface area contributed by atoms with Crippen molar-refractivity contribution in [3.63, 3.8) is 0 Å². The lowest BCUT2D eigenvalue weighted by Gasteiger charge is -2.13. The van der Waals surface area contributed by atoms with Gasteiger partial charge in [-0.25, -0.2) is 31.9 Å². The first-order valence-electron chi connectivity index (χ1n) is 19.4. The number of hydrogen-bond acceptors (Lipinski definition) is 9. The van der Waals surface area contributed by atoms with E-state index in [0.717, 1.165) is 72.8 Å². The zero-order chi connectivity index (χ0) is 53.5. The van der Waals surface area contributed by atoms with E-state index in [1.165, 1.54) is 17.4 Å². The molecular formula is C43H20Cl2F16N8O4. The number of rotatable bonds is 8. The van der Waals surface area contributed by atoms with E-state index in [4.69, 9.17) is 32.2 Å². The summed E-state index contributed by atoms with van der Waals surface area (Å²) in [5, 5.41) is 14.7. The maximum absolute atomic E-state index is 14.6. The predicted octanol–water partition coefficient (Wildman–Crippen LogP) is 14.0. The normalized spacial score (nSPS) is 12.5. The number of halogens is 18. The summed E-state index contributed by atoms with van der Waals surface area (Å²) in [5.74, 6) is -10.4. The fourth-order valence-electron chi connectivity index (χ4n) is 6.63. The minimum atomic E-state index is -5.48. The minimum Gasteiger partial charge on any atom is -0.478 e. The van der Waals surface area contributed by atoms with Gasteiger partial charge in [-0.3, -0.25) is 4.79 Å². The molecule has 0 atom stereocenters. The summed E-state index contributed by atoms with van der Waals surface area (Å²) < 4.78 is 235. The summed E-state index contributed by atoms with van der Waals surface area (Å²) in [7, 11) is 0.623. The number of benzene rings is 4. The summed E-state index contributed by atoms with van der Waals surface area (Å²) in [6.07, 6.45) is -19.9. The number of ether oxygens (including phenoxy) is 1. The first-order valence-corrected chi connectivity index (χ1v) is 20.2. The van der Waals surface area contributed by atoms with Crippen LogP contribution in [0.4, 0.5) is 81.6 Å². The molecule has 0 aliphatic rings. The van der Waals surface area contributed by atoms with E-state index in [-0.39, 0.29) is 26.1 Å². The molecule has 4 aromatic carbocycles. The highest BCUT2D eigenvalue weighted by Crippen LogP contribution is 2.48. The van der Waals surface area contributed by atoms with Crippen molar-refractivity contribution in [3.8, 4) is 56.5 Å². The predicted molar refractivity (Wildman–Crippen MR) is 224 cm³/mol. The van der Waals surface area contributed by atoms with Gasteiger partial charge in [-0.1, -0.05) is 57.8 Å². The summed E-state index contributed by atoms with van der Waals surface area (Å²) in [4.78, 5) is 15.0. The lowest BCUT2D eigenvalue weighted by molar-refractivity contribution is -0.167. The summed E-state index contributed by atoms with van der Waals surface area (Å²) in [6, 6.07) is 14.3. The molecule has 0 radical (unpaired) electrons. The molecule has 30 heteroatoms. The first-order chi connectivity index (χ1) is 34.1. The Balaban J connectivity index is 0.000000214. The highest BCUT2D eigenvalue weighted by Gasteiger charge is 2.45. The highest BCUT2D eigenvalue weighted by molar-refractivity contribution is 6.34. The quantitative estimate of drug-likeness (QED) is 0.0902. The van der Waals surface area contributed by atoms with Gasteiger partial charge >= 0.3 is 30.6 Å². The Labute approximate surface area is 405 Å². The van der Waals surface area contributed by atoms with E-state index in [1.807, 2.05) is 0 Å². The van der Waals surface area contributed by atoms with E-state index in [2.05, 4.69) is 30.2 Å². The highest BCUT2D eigenvalue weighted by atomic mass is 35.5. The van der Waals surface area contributed by atoms with Gasteiger partial charge in [0, 0.05) is 0 Å². The number of aliphatic imine (C=N–C) groups is 1. The zero-order valence-corrected chi connectivity index (χ0v) is 36.8.